The van der Waals surface area contributed by atoms with E-state index >= 15 is 0 Å². The smallest absolute Gasteiger partial charge is 0.304 e. The van der Waals surface area contributed by atoms with Crippen molar-refractivity contribution in [1.82, 2.24) is 0 Å². The quantitative estimate of drug-likeness (QED) is 0.752. The summed E-state index contributed by atoms with van der Waals surface area (Å²) in [4.78, 5) is 10.8. The third-order valence-electron chi connectivity index (χ3n) is 2.78. The fourth-order valence-corrected chi connectivity index (χ4v) is 1.95. The Morgan fingerprint density at radius 1 is 1.33 bits per heavy atom. The van der Waals surface area contributed by atoms with Gasteiger partial charge in [0.2, 0.25) is 6.29 Å². The summed E-state index contributed by atoms with van der Waals surface area (Å²) >= 11 is 0. The van der Waals surface area contributed by atoms with Gasteiger partial charge in [-0.25, -0.2) is 0 Å². The first-order valence-electron chi connectivity index (χ1n) is 6.18. The number of hydrogen-bond donors (Lipinski definition) is 0. The second-order valence-corrected chi connectivity index (χ2v) is 4.38. The van der Waals surface area contributed by atoms with Crippen LogP contribution in [0.2, 0.25) is 0 Å². The summed E-state index contributed by atoms with van der Waals surface area (Å²) in [6, 6.07) is 10.0. The standard InChI is InChI=1S/C14H18O4/c1-11(15)17-14-8-7-13(18-14)10-16-9-12-5-3-2-4-6-12/h2-6,13-14H,7-10H2,1H3/t13-,14?/m0/s1. The van der Waals surface area contributed by atoms with Gasteiger partial charge < -0.3 is 14.2 Å². The minimum Gasteiger partial charge on any atom is -0.436 e. The number of benzene rings is 1. The Kier molecular flexibility index (Phi) is 4.73. The Balaban J connectivity index is 1.65. The van der Waals surface area contributed by atoms with Gasteiger partial charge in [-0.3, -0.25) is 4.79 Å². The molecule has 1 aromatic carbocycles. The molecule has 1 aliphatic heterocycles. The van der Waals surface area contributed by atoms with Crippen LogP contribution in [0.1, 0.15) is 25.3 Å². The molecule has 1 aliphatic rings. The molecule has 0 N–H and O–H groups in total. The molecule has 1 aromatic rings. The SMILES string of the molecule is CC(=O)OC1CC[C@@H](COCc2ccccc2)O1. The van der Waals surface area contributed by atoms with Crippen LogP contribution in [-0.2, 0) is 25.6 Å². The van der Waals surface area contributed by atoms with Crippen molar-refractivity contribution >= 4 is 5.97 Å². The normalized spacial score (nSPS) is 22.9. The highest BCUT2D eigenvalue weighted by Gasteiger charge is 2.27. The average molecular weight is 250 g/mol. The lowest BCUT2D eigenvalue weighted by Crippen LogP contribution is -2.20. The van der Waals surface area contributed by atoms with Crippen LogP contribution in [0.25, 0.3) is 0 Å². The number of rotatable bonds is 5. The molecule has 0 radical (unpaired) electrons. The summed E-state index contributed by atoms with van der Waals surface area (Å²) in [5.41, 5.74) is 1.15. The Labute approximate surface area is 107 Å². The zero-order valence-corrected chi connectivity index (χ0v) is 10.5. The van der Waals surface area contributed by atoms with Crippen molar-refractivity contribution in [3.05, 3.63) is 35.9 Å². The molecule has 0 aliphatic carbocycles. The minimum atomic E-state index is -0.396. The van der Waals surface area contributed by atoms with E-state index in [1.54, 1.807) is 0 Å². The third-order valence-corrected chi connectivity index (χ3v) is 2.78. The van der Waals surface area contributed by atoms with Crippen molar-refractivity contribution < 1.29 is 19.0 Å². The summed E-state index contributed by atoms with van der Waals surface area (Å²) in [6.07, 6.45) is 1.25. The molecule has 1 heterocycles. The van der Waals surface area contributed by atoms with Crippen molar-refractivity contribution in [2.45, 2.75) is 38.8 Å². The van der Waals surface area contributed by atoms with Gasteiger partial charge in [0.05, 0.1) is 19.3 Å². The van der Waals surface area contributed by atoms with E-state index in [0.717, 1.165) is 18.4 Å². The van der Waals surface area contributed by atoms with Gasteiger partial charge in [0, 0.05) is 13.3 Å². The zero-order chi connectivity index (χ0) is 12.8. The fourth-order valence-electron chi connectivity index (χ4n) is 1.95. The van der Waals surface area contributed by atoms with E-state index in [-0.39, 0.29) is 12.1 Å². The molecule has 1 fully saturated rings. The van der Waals surface area contributed by atoms with E-state index in [1.807, 2.05) is 30.3 Å². The minimum absolute atomic E-state index is 0.0260. The molecule has 0 saturated carbocycles. The maximum Gasteiger partial charge on any atom is 0.304 e. The monoisotopic (exact) mass is 250 g/mol. The molecule has 4 nitrogen and oxygen atoms in total. The molecule has 1 saturated heterocycles. The van der Waals surface area contributed by atoms with E-state index in [0.29, 0.717) is 13.2 Å². The predicted molar refractivity (Wildman–Crippen MR) is 65.8 cm³/mol. The molecule has 2 rings (SSSR count). The number of carbonyl (C=O) groups is 1. The largest absolute Gasteiger partial charge is 0.436 e. The predicted octanol–water partition coefficient (Wildman–Crippen LogP) is 2.27. The molecule has 1 unspecified atom stereocenters. The summed E-state index contributed by atoms with van der Waals surface area (Å²) in [7, 11) is 0. The number of carbonyl (C=O) groups excluding carboxylic acids is 1. The van der Waals surface area contributed by atoms with Crippen LogP contribution >= 0.6 is 0 Å². The van der Waals surface area contributed by atoms with Gasteiger partial charge in [-0.2, -0.15) is 0 Å². The first-order valence-corrected chi connectivity index (χ1v) is 6.18. The Bertz CT molecular complexity index is 377. The van der Waals surface area contributed by atoms with Crippen LogP contribution in [-0.4, -0.2) is 25.0 Å². The first-order chi connectivity index (χ1) is 8.74. The zero-order valence-electron chi connectivity index (χ0n) is 10.5. The topological polar surface area (TPSA) is 44.8 Å². The molecular weight excluding hydrogens is 232 g/mol. The van der Waals surface area contributed by atoms with Crippen molar-refractivity contribution in [3.63, 3.8) is 0 Å². The number of ether oxygens (including phenoxy) is 3. The van der Waals surface area contributed by atoms with Crippen molar-refractivity contribution in [2.75, 3.05) is 6.61 Å². The summed E-state index contributed by atoms with van der Waals surface area (Å²) in [5.74, 6) is -0.300. The van der Waals surface area contributed by atoms with Crippen molar-refractivity contribution in [2.24, 2.45) is 0 Å². The van der Waals surface area contributed by atoms with Crippen LogP contribution in [0.3, 0.4) is 0 Å². The molecular formula is C14H18O4. The Morgan fingerprint density at radius 2 is 2.11 bits per heavy atom. The van der Waals surface area contributed by atoms with Crippen LogP contribution in [0.5, 0.6) is 0 Å². The highest BCUT2D eigenvalue weighted by Crippen LogP contribution is 2.21. The first kappa shape index (κ1) is 13.1. The van der Waals surface area contributed by atoms with Gasteiger partial charge in [0.15, 0.2) is 0 Å². The molecule has 98 valence electrons. The molecule has 0 spiro atoms. The van der Waals surface area contributed by atoms with E-state index in [9.17, 15) is 4.79 Å². The van der Waals surface area contributed by atoms with E-state index in [2.05, 4.69) is 0 Å². The van der Waals surface area contributed by atoms with Gasteiger partial charge in [-0.05, 0) is 12.0 Å². The average Bonchev–Trinajstić information content (AvgIpc) is 2.77. The fraction of sp³-hybridized carbons (Fsp3) is 0.500. The van der Waals surface area contributed by atoms with Gasteiger partial charge >= 0.3 is 5.97 Å². The highest BCUT2D eigenvalue weighted by atomic mass is 16.7. The molecule has 0 amide bonds. The number of esters is 1. The van der Waals surface area contributed by atoms with Gasteiger partial charge in [-0.1, -0.05) is 30.3 Å². The Morgan fingerprint density at radius 3 is 2.83 bits per heavy atom. The van der Waals surface area contributed by atoms with Crippen molar-refractivity contribution in [1.29, 1.82) is 0 Å². The van der Waals surface area contributed by atoms with Gasteiger partial charge in [0.1, 0.15) is 0 Å². The van der Waals surface area contributed by atoms with E-state index in [4.69, 9.17) is 14.2 Å². The lowest BCUT2D eigenvalue weighted by atomic mass is 10.2. The summed E-state index contributed by atoms with van der Waals surface area (Å²) in [6.45, 7) is 2.51. The lowest BCUT2D eigenvalue weighted by Gasteiger charge is -2.13. The van der Waals surface area contributed by atoms with E-state index in [1.165, 1.54) is 6.92 Å². The van der Waals surface area contributed by atoms with Crippen molar-refractivity contribution in [3.8, 4) is 0 Å². The van der Waals surface area contributed by atoms with Crippen LogP contribution in [0, 0.1) is 0 Å². The Hall–Kier alpha value is -1.39. The molecule has 4 heteroatoms. The van der Waals surface area contributed by atoms with Gasteiger partial charge in [0.25, 0.3) is 0 Å². The maximum absolute atomic E-state index is 10.8. The second-order valence-electron chi connectivity index (χ2n) is 4.38. The summed E-state index contributed by atoms with van der Waals surface area (Å²) < 4.78 is 16.1. The summed E-state index contributed by atoms with van der Waals surface area (Å²) in [5, 5.41) is 0. The van der Waals surface area contributed by atoms with Crippen LogP contribution < -0.4 is 0 Å². The lowest BCUT2D eigenvalue weighted by molar-refractivity contribution is -0.175. The number of hydrogen-bond acceptors (Lipinski definition) is 4. The van der Waals surface area contributed by atoms with Crippen LogP contribution in [0.4, 0.5) is 0 Å². The third kappa shape index (κ3) is 4.13. The highest BCUT2D eigenvalue weighted by molar-refractivity contribution is 5.66. The molecule has 0 aromatic heterocycles. The second kappa shape index (κ2) is 6.52. The molecule has 18 heavy (non-hydrogen) atoms. The van der Waals surface area contributed by atoms with E-state index < -0.39 is 6.29 Å². The van der Waals surface area contributed by atoms with Gasteiger partial charge in [-0.15, -0.1) is 0 Å². The molecule has 2 atom stereocenters. The van der Waals surface area contributed by atoms with Crippen LogP contribution in [0.15, 0.2) is 30.3 Å². The maximum atomic E-state index is 10.8. The molecule has 0 bridgehead atoms.